The molecule has 2 unspecified atom stereocenters. The normalized spacial score (nSPS) is 25.6. The number of carboxylic acid groups (broad SMARTS) is 1. The molecular formula is C15H26F3NO5Si. The standard InChI is InChI=1S/C15H26F3NO5Si/c1-13(2,3)23-12(22)19-8-7-14(15(16,17)18,24-25(4,5)6)9-10(19)11(20)21/h10H,7-9H2,1-6H3,(H,20,21). The number of ether oxygens (including phenoxy) is 1. The topological polar surface area (TPSA) is 76.1 Å². The van der Waals surface area contributed by atoms with Crippen molar-refractivity contribution in [2.45, 2.75) is 76.7 Å². The molecule has 2 atom stereocenters. The highest BCUT2D eigenvalue weighted by atomic mass is 28.4. The van der Waals surface area contributed by atoms with Crippen LogP contribution in [0.3, 0.4) is 0 Å². The van der Waals surface area contributed by atoms with Crippen molar-refractivity contribution < 1.29 is 37.0 Å². The summed E-state index contributed by atoms with van der Waals surface area (Å²) >= 11 is 0. The van der Waals surface area contributed by atoms with E-state index in [0.29, 0.717) is 0 Å². The molecular weight excluding hydrogens is 359 g/mol. The van der Waals surface area contributed by atoms with Gasteiger partial charge in [0.15, 0.2) is 13.9 Å². The number of alkyl halides is 3. The highest BCUT2D eigenvalue weighted by Crippen LogP contribution is 2.45. The molecule has 0 aliphatic carbocycles. The average molecular weight is 385 g/mol. The van der Waals surface area contributed by atoms with E-state index in [1.807, 2.05) is 0 Å². The minimum absolute atomic E-state index is 0.407. The molecule has 1 aliphatic rings. The highest BCUT2D eigenvalue weighted by molar-refractivity contribution is 6.69. The summed E-state index contributed by atoms with van der Waals surface area (Å²) in [6.07, 6.45) is -7.05. The lowest BCUT2D eigenvalue weighted by atomic mass is 9.86. The van der Waals surface area contributed by atoms with Crippen molar-refractivity contribution in [1.29, 1.82) is 0 Å². The van der Waals surface area contributed by atoms with Gasteiger partial charge >= 0.3 is 18.2 Å². The van der Waals surface area contributed by atoms with Crippen LogP contribution in [-0.4, -0.2) is 60.4 Å². The minimum atomic E-state index is -4.74. The van der Waals surface area contributed by atoms with Crippen LogP contribution in [0.1, 0.15) is 33.6 Å². The number of carboxylic acids is 1. The molecule has 1 rings (SSSR count). The van der Waals surface area contributed by atoms with E-state index in [1.54, 1.807) is 40.4 Å². The first-order valence-electron chi connectivity index (χ1n) is 7.97. The van der Waals surface area contributed by atoms with Gasteiger partial charge in [-0.1, -0.05) is 0 Å². The number of rotatable bonds is 3. The summed E-state index contributed by atoms with van der Waals surface area (Å²) in [7, 11) is -2.63. The summed E-state index contributed by atoms with van der Waals surface area (Å²) in [6.45, 7) is 9.20. The van der Waals surface area contributed by atoms with E-state index in [-0.39, 0.29) is 0 Å². The fourth-order valence-electron chi connectivity index (χ4n) is 2.74. The Morgan fingerprint density at radius 1 is 1.20 bits per heavy atom. The molecule has 1 N–H and O–H groups in total. The van der Waals surface area contributed by atoms with Gasteiger partial charge < -0.3 is 14.3 Å². The number of nitrogens with zero attached hydrogens (tertiary/aromatic N) is 1. The van der Waals surface area contributed by atoms with Crippen molar-refractivity contribution in [2.24, 2.45) is 0 Å². The second kappa shape index (κ2) is 6.79. The van der Waals surface area contributed by atoms with Crippen molar-refractivity contribution in [3.63, 3.8) is 0 Å². The zero-order valence-corrected chi connectivity index (χ0v) is 16.4. The molecule has 1 heterocycles. The molecule has 0 spiro atoms. The maximum absolute atomic E-state index is 13.7. The van der Waals surface area contributed by atoms with Gasteiger partial charge in [0.1, 0.15) is 11.6 Å². The molecule has 1 amide bonds. The second-order valence-electron chi connectivity index (χ2n) is 8.19. The van der Waals surface area contributed by atoms with Gasteiger partial charge in [-0.3, -0.25) is 4.90 Å². The Morgan fingerprint density at radius 2 is 1.72 bits per heavy atom. The molecule has 0 aromatic heterocycles. The van der Waals surface area contributed by atoms with Crippen molar-refractivity contribution in [3.8, 4) is 0 Å². The maximum Gasteiger partial charge on any atom is 0.416 e. The molecule has 1 fully saturated rings. The Hall–Kier alpha value is -1.29. The third-order valence-electron chi connectivity index (χ3n) is 3.59. The molecule has 0 radical (unpaired) electrons. The molecule has 25 heavy (non-hydrogen) atoms. The Labute approximate surface area is 146 Å². The SMILES string of the molecule is CC(C)(C)OC(=O)N1CCC(O[Si](C)(C)C)(C(F)(F)F)CC1C(=O)O. The third kappa shape index (κ3) is 5.60. The molecule has 0 aromatic rings. The molecule has 0 aromatic carbocycles. The Morgan fingerprint density at radius 3 is 2.08 bits per heavy atom. The molecule has 0 bridgehead atoms. The Balaban J connectivity index is 3.17. The fourth-order valence-corrected chi connectivity index (χ4v) is 4.21. The van der Waals surface area contributed by atoms with E-state index in [9.17, 15) is 27.9 Å². The number of carbonyl (C=O) groups excluding carboxylic acids is 1. The van der Waals surface area contributed by atoms with Crippen LogP contribution in [0.25, 0.3) is 0 Å². The number of carbonyl (C=O) groups is 2. The van der Waals surface area contributed by atoms with Crippen molar-refractivity contribution in [3.05, 3.63) is 0 Å². The second-order valence-corrected chi connectivity index (χ2v) is 12.6. The first kappa shape index (κ1) is 21.7. The summed E-state index contributed by atoms with van der Waals surface area (Å²) in [5.41, 5.74) is -3.45. The number of hydrogen-bond donors (Lipinski definition) is 1. The van der Waals surface area contributed by atoms with Crippen LogP contribution in [0.2, 0.25) is 19.6 Å². The first-order valence-corrected chi connectivity index (χ1v) is 11.4. The van der Waals surface area contributed by atoms with Crippen molar-refractivity contribution in [2.75, 3.05) is 6.54 Å². The molecule has 0 saturated carbocycles. The summed E-state index contributed by atoms with van der Waals surface area (Å²) in [6, 6.07) is -1.67. The van der Waals surface area contributed by atoms with Crippen LogP contribution >= 0.6 is 0 Å². The molecule has 146 valence electrons. The van der Waals surface area contributed by atoms with Gasteiger partial charge in [-0.15, -0.1) is 0 Å². The predicted octanol–water partition coefficient (Wildman–Crippen LogP) is 3.62. The van der Waals surface area contributed by atoms with E-state index in [4.69, 9.17) is 9.16 Å². The van der Waals surface area contributed by atoms with Crippen LogP contribution in [0.15, 0.2) is 0 Å². The number of amides is 1. The van der Waals surface area contributed by atoms with Crippen LogP contribution in [0.5, 0.6) is 0 Å². The van der Waals surface area contributed by atoms with Gasteiger partial charge in [-0.25, -0.2) is 9.59 Å². The average Bonchev–Trinajstić information content (AvgIpc) is 2.32. The van der Waals surface area contributed by atoms with E-state index >= 15 is 0 Å². The van der Waals surface area contributed by atoms with E-state index < -0.39 is 63.2 Å². The summed E-state index contributed by atoms with van der Waals surface area (Å²) in [5.74, 6) is -1.52. The lowest BCUT2D eigenvalue weighted by Gasteiger charge is -2.47. The predicted molar refractivity (Wildman–Crippen MR) is 86.8 cm³/mol. The number of aliphatic carboxylic acids is 1. The van der Waals surface area contributed by atoms with Crippen LogP contribution < -0.4 is 0 Å². The third-order valence-corrected chi connectivity index (χ3v) is 4.59. The van der Waals surface area contributed by atoms with Crippen LogP contribution in [0, 0.1) is 0 Å². The maximum atomic E-state index is 13.7. The van der Waals surface area contributed by atoms with Gasteiger partial charge in [0.2, 0.25) is 0 Å². The molecule has 1 aliphatic heterocycles. The Bertz CT molecular complexity index is 527. The molecule has 10 heteroatoms. The van der Waals surface area contributed by atoms with Gasteiger partial charge in [0.25, 0.3) is 0 Å². The zero-order valence-electron chi connectivity index (χ0n) is 15.4. The number of hydrogen-bond acceptors (Lipinski definition) is 4. The van der Waals surface area contributed by atoms with E-state index in [2.05, 4.69) is 0 Å². The van der Waals surface area contributed by atoms with Crippen molar-refractivity contribution in [1.82, 2.24) is 4.90 Å². The van der Waals surface area contributed by atoms with Crippen LogP contribution in [0.4, 0.5) is 18.0 Å². The summed E-state index contributed by atoms with van der Waals surface area (Å²) in [5, 5.41) is 9.39. The number of piperidine rings is 1. The Kier molecular flexibility index (Phi) is 5.90. The lowest BCUT2D eigenvalue weighted by Crippen LogP contribution is -2.64. The number of halogens is 3. The zero-order chi connectivity index (χ0) is 19.8. The van der Waals surface area contributed by atoms with E-state index in [0.717, 1.165) is 4.90 Å². The fraction of sp³-hybridized carbons (Fsp3) is 0.867. The smallest absolute Gasteiger partial charge is 0.416 e. The quantitative estimate of drug-likeness (QED) is 0.751. The van der Waals surface area contributed by atoms with Crippen LogP contribution in [-0.2, 0) is 14.0 Å². The highest BCUT2D eigenvalue weighted by Gasteiger charge is 2.62. The van der Waals surface area contributed by atoms with Crippen molar-refractivity contribution >= 4 is 20.4 Å². The summed E-state index contributed by atoms with van der Waals surface area (Å²) in [4.78, 5) is 24.6. The van der Waals surface area contributed by atoms with Gasteiger partial charge in [0, 0.05) is 19.4 Å². The van der Waals surface area contributed by atoms with Gasteiger partial charge in [-0.2, -0.15) is 13.2 Å². The monoisotopic (exact) mass is 385 g/mol. The number of likely N-dealkylation sites (tertiary alicyclic amines) is 1. The largest absolute Gasteiger partial charge is 0.480 e. The summed E-state index contributed by atoms with van der Waals surface area (Å²) < 4.78 is 51.7. The molecule has 6 nitrogen and oxygen atoms in total. The van der Waals surface area contributed by atoms with Gasteiger partial charge in [-0.05, 0) is 40.4 Å². The lowest BCUT2D eigenvalue weighted by molar-refractivity contribution is -0.268. The molecule has 1 saturated heterocycles. The minimum Gasteiger partial charge on any atom is -0.480 e. The first-order chi connectivity index (χ1) is 11.0. The van der Waals surface area contributed by atoms with E-state index in [1.165, 1.54) is 0 Å². The van der Waals surface area contributed by atoms with Gasteiger partial charge in [0.05, 0.1) is 0 Å².